The number of nitrogens with one attached hydrogen (secondary N) is 1. The van der Waals surface area contributed by atoms with Gasteiger partial charge in [-0.25, -0.2) is 0 Å². The summed E-state index contributed by atoms with van der Waals surface area (Å²) >= 11 is 0. The Bertz CT molecular complexity index is 402. The van der Waals surface area contributed by atoms with Crippen LogP contribution in [0.15, 0.2) is 18.2 Å². The van der Waals surface area contributed by atoms with E-state index in [1.807, 2.05) is 0 Å². The lowest BCUT2D eigenvalue weighted by Gasteiger charge is -2.22. The van der Waals surface area contributed by atoms with Gasteiger partial charge in [0, 0.05) is 12.0 Å². The first kappa shape index (κ1) is 13.6. The van der Waals surface area contributed by atoms with Crippen LogP contribution in [0, 0.1) is 19.8 Å². The molecule has 0 spiro atoms. The SMILES string of the molecule is CNC(Cc1ccc(C)c(C)c1)C1COC(C)C1. The Kier molecular flexibility index (Phi) is 4.41. The average molecular weight is 247 g/mol. The molecule has 0 amide bonds. The highest BCUT2D eigenvalue weighted by Gasteiger charge is 2.28. The molecule has 1 aromatic rings. The Hall–Kier alpha value is -0.860. The van der Waals surface area contributed by atoms with Crippen molar-refractivity contribution in [2.75, 3.05) is 13.7 Å². The van der Waals surface area contributed by atoms with Crippen LogP contribution in [-0.4, -0.2) is 25.8 Å². The van der Waals surface area contributed by atoms with Gasteiger partial charge < -0.3 is 10.1 Å². The van der Waals surface area contributed by atoms with Crippen LogP contribution < -0.4 is 5.32 Å². The van der Waals surface area contributed by atoms with E-state index in [2.05, 4.69) is 51.3 Å². The van der Waals surface area contributed by atoms with E-state index in [9.17, 15) is 0 Å². The Morgan fingerprint density at radius 2 is 2.11 bits per heavy atom. The molecule has 1 aromatic carbocycles. The van der Waals surface area contributed by atoms with Crippen LogP contribution in [0.25, 0.3) is 0 Å². The molecular formula is C16H25NO. The molecule has 100 valence electrons. The van der Waals surface area contributed by atoms with Crippen LogP contribution in [-0.2, 0) is 11.2 Å². The maximum absolute atomic E-state index is 5.69. The summed E-state index contributed by atoms with van der Waals surface area (Å²) in [4.78, 5) is 0. The van der Waals surface area contributed by atoms with Crippen LogP contribution in [0.3, 0.4) is 0 Å². The van der Waals surface area contributed by atoms with Crippen LogP contribution in [0.1, 0.15) is 30.0 Å². The van der Waals surface area contributed by atoms with Crippen molar-refractivity contribution in [3.05, 3.63) is 34.9 Å². The third-order valence-corrected chi connectivity index (χ3v) is 4.20. The second-order valence-electron chi connectivity index (χ2n) is 5.66. The fraction of sp³-hybridized carbons (Fsp3) is 0.625. The van der Waals surface area contributed by atoms with Gasteiger partial charge in [-0.15, -0.1) is 0 Å². The van der Waals surface area contributed by atoms with Gasteiger partial charge in [-0.2, -0.15) is 0 Å². The van der Waals surface area contributed by atoms with Crippen molar-refractivity contribution in [1.29, 1.82) is 0 Å². The summed E-state index contributed by atoms with van der Waals surface area (Å²) in [6.45, 7) is 7.43. The molecule has 1 aliphatic heterocycles. The number of benzene rings is 1. The molecule has 0 aromatic heterocycles. The summed E-state index contributed by atoms with van der Waals surface area (Å²) < 4.78 is 5.69. The first-order chi connectivity index (χ1) is 8.60. The molecule has 0 bridgehead atoms. The van der Waals surface area contributed by atoms with E-state index in [0.717, 1.165) is 13.0 Å². The lowest BCUT2D eigenvalue weighted by atomic mass is 9.91. The van der Waals surface area contributed by atoms with Crippen LogP contribution in [0.4, 0.5) is 0 Å². The maximum Gasteiger partial charge on any atom is 0.0551 e. The number of hydrogen-bond donors (Lipinski definition) is 1. The first-order valence-corrected chi connectivity index (χ1v) is 6.95. The molecule has 2 heteroatoms. The van der Waals surface area contributed by atoms with E-state index >= 15 is 0 Å². The summed E-state index contributed by atoms with van der Waals surface area (Å²) in [5.41, 5.74) is 4.19. The van der Waals surface area contributed by atoms with E-state index in [-0.39, 0.29) is 0 Å². The largest absolute Gasteiger partial charge is 0.378 e. The van der Waals surface area contributed by atoms with Crippen LogP contribution >= 0.6 is 0 Å². The molecule has 1 heterocycles. The molecule has 1 fully saturated rings. The van der Waals surface area contributed by atoms with Gasteiger partial charge in [-0.05, 0) is 57.4 Å². The maximum atomic E-state index is 5.69. The Labute approximate surface area is 111 Å². The second kappa shape index (κ2) is 5.85. The molecule has 2 rings (SSSR count). The third kappa shape index (κ3) is 3.12. The summed E-state index contributed by atoms with van der Waals surface area (Å²) in [6.07, 6.45) is 2.69. The predicted molar refractivity (Wildman–Crippen MR) is 76.0 cm³/mol. The van der Waals surface area contributed by atoms with E-state index in [1.165, 1.54) is 23.1 Å². The van der Waals surface area contributed by atoms with Crippen molar-refractivity contribution in [1.82, 2.24) is 5.32 Å². The molecule has 0 saturated carbocycles. The van der Waals surface area contributed by atoms with Crippen molar-refractivity contribution in [3.63, 3.8) is 0 Å². The molecule has 1 saturated heterocycles. The normalized spacial score (nSPS) is 25.3. The van der Waals surface area contributed by atoms with Gasteiger partial charge >= 0.3 is 0 Å². The van der Waals surface area contributed by atoms with E-state index in [1.54, 1.807) is 0 Å². The lowest BCUT2D eigenvalue weighted by molar-refractivity contribution is 0.117. The topological polar surface area (TPSA) is 21.3 Å². The van der Waals surface area contributed by atoms with Gasteiger partial charge in [0.05, 0.1) is 12.7 Å². The van der Waals surface area contributed by atoms with Crippen molar-refractivity contribution < 1.29 is 4.74 Å². The minimum Gasteiger partial charge on any atom is -0.378 e. The fourth-order valence-corrected chi connectivity index (χ4v) is 2.82. The molecular weight excluding hydrogens is 222 g/mol. The molecule has 0 radical (unpaired) electrons. The highest BCUT2D eigenvalue weighted by Crippen LogP contribution is 2.24. The van der Waals surface area contributed by atoms with Crippen LogP contribution in [0.5, 0.6) is 0 Å². The highest BCUT2D eigenvalue weighted by molar-refractivity contribution is 5.30. The summed E-state index contributed by atoms with van der Waals surface area (Å²) in [5, 5.41) is 3.47. The van der Waals surface area contributed by atoms with Gasteiger partial charge in [0.1, 0.15) is 0 Å². The average Bonchev–Trinajstić information content (AvgIpc) is 2.77. The molecule has 0 aliphatic carbocycles. The predicted octanol–water partition coefficient (Wildman–Crippen LogP) is 2.86. The van der Waals surface area contributed by atoms with Crippen molar-refractivity contribution in [2.24, 2.45) is 5.92 Å². The second-order valence-corrected chi connectivity index (χ2v) is 5.66. The zero-order valence-corrected chi connectivity index (χ0v) is 12.0. The number of hydrogen-bond acceptors (Lipinski definition) is 2. The van der Waals surface area contributed by atoms with Crippen molar-refractivity contribution in [2.45, 2.75) is 45.8 Å². The van der Waals surface area contributed by atoms with Gasteiger partial charge in [-0.3, -0.25) is 0 Å². The Morgan fingerprint density at radius 3 is 2.67 bits per heavy atom. The number of rotatable bonds is 4. The van der Waals surface area contributed by atoms with Gasteiger partial charge in [-0.1, -0.05) is 18.2 Å². The molecule has 1 aliphatic rings. The standard InChI is InChI=1S/C16H25NO/c1-11-5-6-14(7-12(11)2)9-16(17-4)15-8-13(3)18-10-15/h5-7,13,15-17H,8-10H2,1-4H3. The molecule has 2 nitrogen and oxygen atoms in total. The van der Waals surface area contributed by atoms with E-state index in [0.29, 0.717) is 18.1 Å². The van der Waals surface area contributed by atoms with Crippen molar-refractivity contribution in [3.8, 4) is 0 Å². The number of aryl methyl sites for hydroxylation is 2. The summed E-state index contributed by atoms with van der Waals surface area (Å²) in [6, 6.07) is 7.33. The van der Waals surface area contributed by atoms with Gasteiger partial charge in [0.25, 0.3) is 0 Å². The lowest BCUT2D eigenvalue weighted by Crippen LogP contribution is -2.36. The smallest absolute Gasteiger partial charge is 0.0551 e. The molecule has 18 heavy (non-hydrogen) atoms. The summed E-state index contributed by atoms with van der Waals surface area (Å²) in [5.74, 6) is 0.645. The molecule has 3 unspecified atom stereocenters. The highest BCUT2D eigenvalue weighted by atomic mass is 16.5. The molecule has 1 N–H and O–H groups in total. The Morgan fingerprint density at radius 1 is 1.33 bits per heavy atom. The molecule has 3 atom stereocenters. The zero-order chi connectivity index (χ0) is 13.1. The Balaban J connectivity index is 2.03. The third-order valence-electron chi connectivity index (χ3n) is 4.20. The quantitative estimate of drug-likeness (QED) is 0.883. The first-order valence-electron chi connectivity index (χ1n) is 6.95. The van der Waals surface area contributed by atoms with Crippen LogP contribution in [0.2, 0.25) is 0 Å². The van der Waals surface area contributed by atoms with Gasteiger partial charge in [0.15, 0.2) is 0 Å². The van der Waals surface area contributed by atoms with Crippen molar-refractivity contribution >= 4 is 0 Å². The minimum absolute atomic E-state index is 0.422. The monoisotopic (exact) mass is 247 g/mol. The fourth-order valence-electron chi connectivity index (χ4n) is 2.82. The zero-order valence-electron chi connectivity index (χ0n) is 12.0. The minimum atomic E-state index is 0.422. The number of ether oxygens (including phenoxy) is 1. The van der Waals surface area contributed by atoms with Gasteiger partial charge in [0.2, 0.25) is 0 Å². The number of likely N-dealkylation sites (N-methyl/N-ethyl adjacent to an activating group) is 1. The summed E-state index contributed by atoms with van der Waals surface area (Å²) in [7, 11) is 2.06. The van der Waals surface area contributed by atoms with E-state index in [4.69, 9.17) is 4.74 Å². The van der Waals surface area contributed by atoms with E-state index < -0.39 is 0 Å².